The fourth-order valence-electron chi connectivity index (χ4n) is 1.25. The summed E-state index contributed by atoms with van der Waals surface area (Å²) in [6.07, 6.45) is -0.799. The molecule has 0 aromatic carbocycles. The van der Waals surface area contributed by atoms with E-state index in [4.69, 9.17) is 9.84 Å². The molecule has 1 fully saturated rings. The van der Waals surface area contributed by atoms with E-state index in [0.29, 0.717) is 12.9 Å². The highest BCUT2D eigenvalue weighted by molar-refractivity contribution is 5.72. The molecule has 2 unspecified atom stereocenters. The molecule has 0 aromatic heterocycles. The monoisotopic (exact) mass is 173 g/mol. The predicted molar refractivity (Wildman–Crippen MR) is 40.0 cm³/mol. The van der Waals surface area contributed by atoms with Gasteiger partial charge in [0, 0.05) is 6.54 Å². The molecule has 2 atom stereocenters. The molecule has 68 valence electrons. The summed E-state index contributed by atoms with van der Waals surface area (Å²) >= 11 is 0. The average Bonchev–Trinajstić information content (AvgIpc) is 2.03. The van der Waals surface area contributed by atoms with Gasteiger partial charge in [-0.25, -0.2) is 4.79 Å². The Bertz CT molecular complexity index is 194. The quantitative estimate of drug-likeness (QED) is 0.564. The van der Waals surface area contributed by atoms with Gasteiger partial charge in [-0.3, -0.25) is 4.90 Å². The molecule has 0 radical (unpaired) electrons. The topological polar surface area (TPSA) is 66.8 Å². The Balaban J connectivity index is 2.70. The van der Waals surface area contributed by atoms with Gasteiger partial charge in [-0.15, -0.1) is 0 Å². The zero-order valence-electron chi connectivity index (χ0n) is 6.77. The van der Waals surface area contributed by atoms with E-state index in [1.165, 1.54) is 0 Å². The van der Waals surface area contributed by atoms with Gasteiger partial charge in [-0.2, -0.15) is 0 Å². The molecule has 0 aromatic rings. The Morgan fingerprint density at radius 2 is 2.42 bits per heavy atom. The Morgan fingerprint density at radius 3 is 2.83 bits per heavy atom. The number of hydrogen-bond donors (Lipinski definition) is 1. The Hall–Kier alpha value is -1.10. The van der Waals surface area contributed by atoms with E-state index in [9.17, 15) is 9.59 Å². The third kappa shape index (κ3) is 1.55. The van der Waals surface area contributed by atoms with Gasteiger partial charge >= 0.3 is 6.09 Å². The van der Waals surface area contributed by atoms with Crippen molar-refractivity contribution in [1.82, 2.24) is 4.90 Å². The van der Waals surface area contributed by atoms with Crippen LogP contribution in [0.2, 0.25) is 0 Å². The summed E-state index contributed by atoms with van der Waals surface area (Å²) in [7, 11) is 0. The number of carbonyl (C=O) groups excluding carboxylic acids is 1. The molecule has 1 heterocycles. The Morgan fingerprint density at radius 1 is 1.75 bits per heavy atom. The van der Waals surface area contributed by atoms with Crippen LogP contribution in [0.1, 0.15) is 6.92 Å². The number of rotatable bonds is 1. The lowest BCUT2D eigenvalue weighted by Crippen LogP contribution is -2.53. The highest BCUT2D eigenvalue weighted by atomic mass is 16.5. The van der Waals surface area contributed by atoms with Crippen molar-refractivity contribution in [3.8, 4) is 0 Å². The van der Waals surface area contributed by atoms with E-state index in [2.05, 4.69) is 0 Å². The molecule has 1 N–H and O–H groups in total. The molecule has 1 aliphatic rings. The molecule has 1 saturated heterocycles. The second-order valence-electron chi connectivity index (χ2n) is 2.68. The number of carbonyl (C=O) groups is 2. The first-order chi connectivity index (χ1) is 5.66. The predicted octanol–water partition coefficient (Wildman–Crippen LogP) is -0.0474. The number of amides is 1. The molecule has 0 aliphatic carbocycles. The van der Waals surface area contributed by atoms with Crippen molar-refractivity contribution < 1.29 is 19.4 Å². The fraction of sp³-hybridized carbons (Fsp3) is 0.714. The van der Waals surface area contributed by atoms with Gasteiger partial charge in [0.15, 0.2) is 0 Å². The molecule has 12 heavy (non-hydrogen) atoms. The minimum atomic E-state index is -1.07. The highest BCUT2D eigenvalue weighted by Gasteiger charge is 2.31. The lowest BCUT2D eigenvalue weighted by Gasteiger charge is -2.34. The third-order valence-electron chi connectivity index (χ3n) is 1.94. The van der Waals surface area contributed by atoms with Crippen LogP contribution in [0.15, 0.2) is 0 Å². The normalized spacial score (nSPS) is 29.9. The molecule has 5 heteroatoms. The first-order valence-electron chi connectivity index (χ1n) is 3.73. The van der Waals surface area contributed by atoms with Crippen molar-refractivity contribution in [3.63, 3.8) is 0 Å². The number of hydrogen-bond acceptors (Lipinski definition) is 3. The lowest BCUT2D eigenvalue weighted by molar-refractivity contribution is -0.122. The van der Waals surface area contributed by atoms with Gasteiger partial charge in [-0.1, -0.05) is 0 Å². The molecule has 5 nitrogen and oxygen atoms in total. The van der Waals surface area contributed by atoms with Crippen LogP contribution in [-0.2, 0) is 9.53 Å². The van der Waals surface area contributed by atoms with Crippen LogP contribution in [-0.4, -0.2) is 47.7 Å². The maximum Gasteiger partial charge on any atom is 0.408 e. The van der Waals surface area contributed by atoms with E-state index in [-0.39, 0.29) is 12.6 Å². The molecule has 0 bridgehead atoms. The SMILES string of the molecule is CC1OCCN(C(=O)O)C1C=O. The first kappa shape index (κ1) is 8.99. The van der Waals surface area contributed by atoms with E-state index >= 15 is 0 Å². The van der Waals surface area contributed by atoms with Crippen molar-refractivity contribution in [2.45, 2.75) is 19.1 Å². The number of carboxylic acid groups (broad SMARTS) is 1. The number of morpholine rings is 1. The van der Waals surface area contributed by atoms with E-state index in [0.717, 1.165) is 4.90 Å². The van der Waals surface area contributed by atoms with Crippen LogP contribution in [0.3, 0.4) is 0 Å². The van der Waals surface area contributed by atoms with Crippen LogP contribution in [0.5, 0.6) is 0 Å². The summed E-state index contributed by atoms with van der Waals surface area (Å²) in [5.74, 6) is 0. The Labute approximate surface area is 69.9 Å². The first-order valence-corrected chi connectivity index (χ1v) is 3.73. The lowest BCUT2D eigenvalue weighted by atomic mass is 10.1. The van der Waals surface area contributed by atoms with Crippen LogP contribution < -0.4 is 0 Å². The van der Waals surface area contributed by atoms with E-state index in [1.807, 2.05) is 0 Å². The van der Waals surface area contributed by atoms with Gasteiger partial charge < -0.3 is 14.6 Å². The van der Waals surface area contributed by atoms with Gasteiger partial charge in [-0.05, 0) is 6.92 Å². The van der Waals surface area contributed by atoms with Crippen molar-refractivity contribution >= 4 is 12.4 Å². The molecule has 1 amide bonds. The minimum absolute atomic E-state index is 0.267. The summed E-state index contributed by atoms with van der Waals surface area (Å²) in [5, 5.41) is 8.67. The number of nitrogens with zero attached hydrogens (tertiary/aromatic N) is 1. The van der Waals surface area contributed by atoms with Gasteiger partial charge in [0.05, 0.1) is 12.7 Å². The molecule has 1 rings (SSSR count). The second kappa shape index (κ2) is 3.53. The standard InChI is InChI=1S/C7H11NO4/c1-5-6(4-9)8(7(10)11)2-3-12-5/h4-6H,2-3H2,1H3,(H,10,11). The van der Waals surface area contributed by atoms with Crippen molar-refractivity contribution in [3.05, 3.63) is 0 Å². The van der Waals surface area contributed by atoms with Gasteiger partial charge in [0.2, 0.25) is 0 Å². The van der Waals surface area contributed by atoms with Crippen LogP contribution >= 0.6 is 0 Å². The third-order valence-corrected chi connectivity index (χ3v) is 1.94. The molecule has 1 aliphatic heterocycles. The fourth-order valence-corrected chi connectivity index (χ4v) is 1.25. The summed E-state index contributed by atoms with van der Waals surface area (Å²) in [5.41, 5.74) is 0. The van der Waals surface area contributed by atoms with Gasteiger partial charge in [0.1, 0.15) is 12.3 Å². The molecular weight excluding hydrogens is 162 g/mol. The summed E-state index contributed by atoms with van der Waals surface area (Å²) < 4.78 is 5.13. The largest absolute Gasteiger partial charge is 0.465 e. The number of aldehydes is 1. The summed E-state index contributed by atoms with van der Waals surface area (Å²) in [4.78, 5) is 22.2. The number of ether oxygens (including phenoxy) is 1. The van der Waals surface area contributed by atoms with Crippen LogP contribution in [0.25, 0.3) is 0 Å². The van der Waals surface area contributed by atoms with Gasteiger partial charge in [0.25, 0.3) is 0 Å². The van der Waals surface area contributed by atoms with Crippen molar-refractivity contribution in [2.24, 2.45) is 0 Å². The highest BCUT2D eigenvalue weighted by Crippen LogP contribution is 2.11. The minimum Gasteiger partial charge on any atom is -0.465 e. The summed E-state index contributed by atoms with van der Waals surface area (Å²) in [6, 6.07) is -0.656. The maximum absolute atomic E-state index is 10.6. The summed E-state index contributed by atoms with van der Waals surface area (Å²) in [6.45, 7) is 2.31. The van der Waals surface area contributed by atoms with Crippen LogP contribution in [0.4, 0.5) is 4.79 Å². The molecular formula is C7H11NO4. The smallest absolute Gasteiger partial charge is 0.408 e. The second-order valence-corrected chi connectivity index (χ2v) is 2.68. The average molecular weight is 173 g/mol. The molecule has 0 saturated carbocycles. The zero-order valence-corrected chi connectivity index (χ0v) is 6.77. The van der Waals surface area contributed by atoms with Crippen molar-refractivity contribution in [1.29, 1.82) is 0 Å². The van der Waals surface area contributed by atoms with Crippen molar-refractivity contribution in [2.75, 3.05) is 13.2 Å². The molecule has 0 spiro atoms. The van der Waals surface area contributed by atoms with E-state index < -0.39 is 12.1 Å². The van der Waals surface area contributed by atoms with Crippen LogP contribution in [0, 0.1) is 0 Å². The zero-order chi connectivity index (χ0) is 9.14. The maximum atomic E-state index is 10.6. The van der Waals surface area contributed by atoms with E-state index in [1.54, 1.807) is 6.92 Å². The Kier molecular flexibility index (Phi) is 2.65.